The Labute approximate surface area is 147 Å². The SMILES string of the molecule is CC(C)[Si](C(C)C)(C(C)C)n1cc(Cl)c2c(I)ccnc21. The molecule has 0 aliphatic rings. The average molecular weight is 435 g/mol. The lowest BCUT2D eigenvalue weighted by Gasteiger charge is -2.44. The first-order chi connectivity index (χ1) is 9.74. The maximum Gasteiger partial charge on any atom is 0.171 e. The lowest BCUT2D eigenvalue weighted by molar-refractivity contribution is 0.770. The second-order valence-electron chi connectivity index (χ2n) is 6.69. The molecule has 2 rings (SSSR count). The van der Waals surface area contributed by atoms with Gasteiger partial charge in [0.15, 0.2) is 8.24 Å². The molecule has 0 aliphatic heterocycles. The Morgan fingerprint density at radius 2 is 1.62 bits per heavy atom. The van der Waals surface area contributed by atoms with E-state index in [0.29, 0.717) is 16.6 Å². The van der Waals surface area contributed by atoms with Crippen LogP contribution in [0.15, 0.2) is 18.5 Å². The van der Waals surface area contributed by atoms with E-state index in [1.807, 2.05) is 12.3 Å². The molecule has 0 spiro atoms. The van der Waals surface area contributed by atoms with Crippen molar-refractivity contribution >= 4 is 53.5 Å². The first-order valence-electron chi connectivity index (χ1n) is 7.56. The summed E-state index contributed by atoms with van der Waals surface area (Å²) in [6.07, 6.45) is 4.05. The molecule has 0 saturated carbocycles. The Balaban J connectivity index is 2.87. The minimum absolute atomic E-state index is 0.629. The van der Waals surface area contributed by atoms with E-state index in [-0.39, 0.29) is 0 Å². The van der Waals surface area contributed by atoms with Crippen LogP contribution in [0.5, 0.6) is 0 Å². The zero-order valence-corrected chi connectivity index (χ0v) is 17.5. The van der Waals surface area contributed by atoms with Crippen molar-refractivity contribution in [2.75, 3.05) is 0 Å². The molecule has 2 aromatic heterocycles. The van der Waals surface area contributed by atoms with Crippen molar-refractivity contribution in [2.24, 2.45) is 0 Å². The van der Waals surface area contributed by atoms with Gasteiger partial charge in [0.1, 0.15) is 5.65 Å². The zero-order valence-electron chi connectivity index (χ0n) is 13.6. The summed E-state index contributed by atoms with van der Waals surface area (Å²) in [5, 5.41) is 1.94. The molecule has 0 radical (unpaired) electrons. The molecule has 0 bridgehead atoms. The molecule has 0 fully saturated rings. The van der Waals surface area contributed by atoms with Gasteiger partial charge in [0.05, 0.1) is 10.4 Å². The largest absolute Gasteiger partial charge is 0.357 e. The van der Waals surface area contributed by atoms with Crippen LogP contribution < -0.4 is 0 Å². The van der Waals surface area contributed by atoms with Gasteiger partial charge in [0, 0.05) is 16.0 Å². The topological polar surface area (TPSA) is 17.8 Å². The summed E-state index contributed by atoms with van der Waals surface area (Å²) >= 11 is 8.91. The lowest BCUT2D eigenvalue weighted by Crippen LogP contribution is -2.51. The molecule has 0 unspecified atom stereocenters. The number of nitrogens with zero attached hydrogens (tertiary/aromatic N) is 2. The maximum atomic E-state index is 6.56. The van der Waals surface area contributed by atoms with Crippen molar-refractivity contribution in [1.82, 2.24) is 9.22 Å². The molecule has 5 heteroatoms. The van der Waals surface area contributed by atoms with Crippen LogP contribution >= 0.6 is 34.2 Å². The van der Waals surface area contributed by atoms with E-state index in [1.54, 1.807) is 0 Å². The van der Waals surface area contributed by atoms with Crippen LogP contribution in [-0.2, 0) is 0 Å². The van der Waals surface area contributed by atoms with Crippen LogP contribution in [0, 0.1) is 3.57 Å². The fraction of sp³-hybridized carbons (Fsp3) is 0.562. The molecule has 0 amide bonds. The summed E-state index contributed by atoms with van der Waals surface area (Å²) in [7, 11) is -1.80. The predicted molar refractivity (Wildman–Crippen MR) is 104 cm³/mol. The molecule has 2 nitrogen and oxygen atoms in total. The van der Waals surface area contributed by atoms with E-state index in [4.69, 9.17) is 11.6 Å². The fourth-order valence-electron chi connectivity index (χ4n) is 4.20. The van der Waals surface area contributed by atoms with Crippen molar-refractivity contribution < 1.29 is 0 Å². The second-order valence-corrected chi connectivity index (χ2v) is 14.0. The molecule has 0 aliphatic carbocycles. The maximum absolute atomic E-state index is 6.56. The highest BCUT2D eigenvalue weighted by Crippen LogP contribution is 2.45. The number of aromatic nitrogens is 2. The van der Waals surface area contributed by atoms with Gasteiger partial charge in [-0.15, -0.1) is 0 Å². The molecule has 0 atom stereocenters. The van der Waals surface area contributed by atoms with Crippen molar-refractivity contribution in [3.63, 3.8) is 0 Å². The van der Waals surface area contributed by atoms with Crippen LogP contribution in [0.2, 0.25) is 21.6 Å². The molecular formula is C16H24ClIN2Si. The van der Waals surface area contributed by atoms with Gasteiger partial charge in [-0.1, -0.05) is 53.1 Å². The second kappa shape index (κ2) is 6.20. The molecule has 0 aromatic carbocycles. The van der Waals surface area contributed by atoms with Gasteiger partial charge in [-0.2, -0.15) is 0 Å². The Hall–Kier alpha value is -0.0731. The first-order valence-corrected chi connectivity index (χ1v) is 11.2. The van der Waals surface area contributed by atoms with Crippen LogP contribution in [0.3, 0.4) is 0 Å². The van der Waals surface area contributed by atoms with E-state index in [9.17, 15) is 0 Å². The first kappa shape index (κ1) is 17.3. The number of pyridine rings is 1. The third kappa shape index (κ3) is 2.57. The monoisotopic (exact) mass is 434 g/mol. The van der Waals surface area contributed by atoms with Crippen LogP contribution in [0.25, 0.3) is 11.0 Å². The number of halogens is 2. The van der Waals surface area contributed by atoms with Crippen molar-refractivity contribution in [2.45, 2.75) is 58.2 Å². The van der Waals surface area contributed by atoms with Gasteiger partial charge >= 0.3 is 0 Å². The van der Waals surface area contributed by atoms with E-state index in [1.165, 1.54) is 3.57 Å². The Kier molecular flexibility index (Phi) is 5.10. The average Bonchev–Trinajstić information content (AvgIpc) is 2.68. The molecule has 0 saturated heterocycles. The van der Waals surface area contributed by atoms with E-state index >= 15 is 0 Å². The third-order valence-electron chi connectivity index (χ3n) is 4.78. The third-order valence-corrected chi connectivity index (χ3v) is 12.7. The number of rotatable bonds is 4. The zero-order chi connectivity index (χ0) is 15.9. The molecular weight excluding hydrogens is 411 g/mol. The molecule has 2 heterocycles. The lowest BCUT2D eigenvalue weighted by atomic mass is 10.3. The van der Waals surface area contributed by atoms with Gasteiger partial charge in [-0.05, 0) is 45.3 Å². The number of fused-ring (bicyclic) bond motifs is 1. The van der Waals surface area contributed by atoms with Gasteiger partial charge < -0.3 is 4.23 Å². The van der Waals surface area contributed by atoms with Crippen molar-refractivity contribution in [3.8, 4) is 0 Å². The summed E-state index contributed by atoms with van der Waals surface area (Å²) < 4.78 is 3.66. The van der Waals surface area contributed by atoms with Crippen molar-refractivity contribution in [3.05, 3.63) is 27.1 Å². The number of hydrogen-bond donors (Lipinski definition) is 0. The van der Waals surface area contributed by atoms with E-state index in [2.05, 4.69) is 79.5 Å². The normalized spacial score (nSPS) is 13.1. The van der Waals surface area contributed by atoms with Crippen LogP contribution in [0.1, 0.15) is 41.5 Å². The highest BCUT2D eigenvalue weighted by atomic mass is 127. The van der Waals surface area contributed by atoms with Crippen LogP contribution in [0.4, 0.5) is 0 Å². The summed E-state index contributed by atoms with van der Waals surface area (Å²) in [6, 6.07) is 2.03. The molecule has 2 aromatic rings. The Bertz CT molecular complexity index is 627. The Morgan fingerprint density at radius 3 is 2.10 bits per heavy atom. The quantitative estimate of drug-likeness (QED) is 0.407. The highest BCUT2D eigenvalue weighted by Gasteiger charge is 2.46. The van der Waals surface area contributed by atoms with Crippen LogP contribution in [-0.4, -0.2) is 17.5 Å². The summed E-state index contributed by atoms with van der Waals surface area (Å²) in [4.78, 5) is 4.68. The van der Waals surface area contributed by atoms with E-state index < -0.39 is 8.24 Å². The van der Waals surface area contributed by atoms with Gasteiger partial charge in [-0.3, -0.25) is 0 Å². The minimum Gasteiger partial charge on any atom is -0.357 e. The summed E-state index contributed by atoms with van der Waals surface area (Å²) in [6.45, 7) is 14.2. The summed E-state index contributed by atoms with van der Waals surface area (Å²) in [5.74, 6) is 0. The van der Waals surface area contributed by atoms with Gasteiger partial charge in [0.2, 0.25) is 0 Å². The van der Waals surface area contributed by atoms with E-state index in [0.717, 1.165) is 16.1 Å². The van der Waals surface area contributed by atoms with Gasteiger partial charge in [0.25, 0.3) is 0 Å². The molecule has 0 N–H and O–H groups in total. The molecule has 21 heavy (non-hydrogen) atoms. The fourth-order valence-corrected chi connectivity index (χ4v) is 12.0. The highest BCUT2D eigenvalue weighted by molar-refractivity contribution is 14.1. The molecule has 116 valence electrons. The minimum atomic E-state index is -1.80. The predicted octanol–water partition coefficient (Wildman–Crippen LogP) is 6.32. The number of hydrogen-bond acceptors (Lipinski definition) is 1. The Morgan fingerprint density at radius 1 is 1.10 bits per heavy atom. The van der Waals surface area contributed by atoms with Crippen molar-refractivity contribution in [1.29, 1.82) is 0 Å². The summed E-state index contributed by atoms with van der Waals surface area (Å²) in [5.41, 5.74) is 2.95. The van der Waals surface area contributed by atoms with Gasteiger partial charge in [-0.25, -0.2) is 4.98 Å². The smallest absolute Gasteiger partial charge is 0.171 e. The standard InChI is InChI=1S/C16H24ClIN2Si/c1-10(2)21(11(3)4,12(5)6)20-9-13(17)15-14(18)7-8-19-16(15)20/h7-12H,1-6H3.